The van der Waals surface area contributed by atoms with Gasteiger partial charge in [0.2, 0.25) is 5.13 Å². The molecule has 0 aromatic carbocycles. The smallest absolute Gasteiger partial charge is 0.202 e. The lowest BCUT2D eigenvalue weighted by atomic mass is 10.1. The summed E-state index contributed by atoms with van der Waals surface area (Å²) >= 11 is 1.45. The van der Waals surface area contributed by atoms with Crippen molar-refractivity contribution in [1.29, 1.82) is 0 Å². The molecule has 1 aromatic rings. The number of rotatable bonds is 2. The molecule has 2 unspecified atom stereocenters. The molecule has 0 saturated carbocycles. The lowest BCUT2D eigenvalue weighted by Crippen LogP contribution is -2.26. The van der Waals surface area contributed by atoms with Crippen LogP contribution < -0.4 is 5.32 Å². The van der Waals surface area contributed by atoms with Gasteiger partial charge in [0.1, 0.15) is 5.82 Å². The van der Waals surface area contributed by atoms with Crippen LogP contribution in [0.25, 0.3) is 0 Å². The molecule has 2 heterocycles. The van der Waals surface area contributed by atoms with Crippen LogP contribution in [0.15, 0.2) is 0 Å². The van der Waals surface area contributed by atoms with Crippen LogP contribution in [0.4, 0.5) is 5.13 Å². The summed E-state index contributed by atoms with van der Waals surface area (Å²) in [7, 11) is 2.16. The van der Waals surface area contributed by atoms with Crippen LogP contribution in [-0.4, -0.2) is 40.4 Å². The van der Waals surface area contributed by atoms with Gasteiger partial charge in [0.15, 0.2) is 0 Å². The van der Waals surface area contributed by atoms with Gasteiger partial charge in [-0.3, -0.25) is 0 Å². The fourth-order valence-corrected chi connectivity index (χ4v) is 2.55. The molecule has 2 atom stereocenters. The maximum Gasteiger partial charge on any atom is 0.202 e. The van der Waals surface area contributed by atoms with Gasteiger partial charge in [-0.1, -0.05) is 6.92 Å². The molecule has 14 heavy (non-hydrogen) atoms. The van der Waals surface area contributed by atoms with Crippen molar-refractivity contribution in [2.24, 2.45) is 5.92 Å². The second-order valence-corrected chi connectivity index (χ2v) is 4.85. The Morgan fingerprint density at radius 1 is 1.50 bits per heavy atom. The van der Waals surface area contributed by atoms with E-state index in [9.17, 15) is 0 Å². The lowest BCUT2D eigenvalue weighted by Gasteiger charge is -2.14. The highest BCUT2D eigenvalue weighted by atomic mass is 32.1. The number of nitrogens with zero attached hydrogens (tertiary/aromatic N) is 3. The zero-order valence-corrected chi connectivity index (χ0v) is 9.64. The van der Waals surface area contributed by atoms with Crippen LogP contribution in [0.1, 0.15) is 12.7 Å². The summed E-state index contributed by atoms with van der Waals surface area (Å²) in [6.45, 7) is 6.45. The van der Waals surface area contributed by atoms with Gasteiger partial charge in [0.05, 0.1) is 0 Å². The number of aromatic nitrogens is 2. The molecule has 5 heteroatoms. The van der Waals surface area contributed by atoms with Crippen LogP contribution in [-0.2, 0) is 0 Å². The minimum atomic E-state index is 0.521. The Morgan fingerprint density at radius 2 is 2.29 bits per heavy atom. The van der Waals surface area contributed by atoms with Gasteiger partial charge in [-0.2, -0.15) is 4.37 Å². The summed E-state index contributed by atoms with van der Waals surface area (Å²) in [5, 5.41) is 4.40. The van der Waals surface area contributed by atoms with E-state index in [-0.39, 0.29) is 0 Å². The predicted molar refractivity (Wildman–Crippen MR) is 58.7 cm³/mol. The molecule has 1 aliphatic rings. The van der Waals surface area contributed by atoms with E-state index in [2.05, 4.69) is 33.5 Å². The minimum Gasteiger partial charge on any atom is -0.356 e. The summed E-state index contributed by atoms with van der Waals surface area (Å²) in [6, 6.07) is 0.521. The van der Waals surface area contributed by atoms with Crippen molar-refractivity contribution in [2.75, 3.05) is 25.5 Å². The molecule has 78 valence electrons. The summed E-state index contributed by atoms with van der Waals surface area (Å²) in [6.07, 6.45) is 0. The molecule has 0 bridgehead atoms. The molecule has 0 spiro atoms. The first-order valence-corrected chi connectivity index (χ1v) is 5.68. The maximum atomic E-state index is 4.31. The van der Waals surface area contributed by atoms with E-state index in [0.29, 0.717) is 12.0 Å². The quantitative estimate of drug-likeness (QED) is 0.800. The van der Waals surface area contributed by atoms with Crippen LogP contribution in [0, 0.1) is 12.8 Å². The van der Waals surface area contributed by atoms with Crippen LogP contribution in [0.5, 0.6) is 0 Å². The van der Waals surface area contributed by atoms with Crippen LogP contribution in [0.2, 0.25) is 0 Å². The zero-order valence-electron chi connectivity index (χ0n) is 8.82. The normalized spacial score (nSPS) is 28.2. The number of hydrogen-bond acceptors (Lipinski definition) is 5. The highest BCUT2D eigenvalue weighted by Crippen LogP contribution is 2.20. The first-order chi connectivity index (χ1) is 6.65. The van der Waals surface area contributed by atoms with E-state index < -0.39 is 0 Å². The number of likely N-dealkylation sites (N-methyl/N-ethyl adjacent to an activating group) is 1. The number of anilines is 1. The van der Waals surface area contributed by atoms with E-state index in [1.165, 1.54) is 11.5 Å². The Bertz CT molecular complexity index is 312. The predicted octanol–water partition coefficient (Wildman–Crippen LogP) is 1.21. The largest absolute Gasteiger partial charge is 0.356 e. The molecule has 1 N–H and O–H groups in total. The average molecular weight is 212 g/mol. The molecule has 2 rings (SSSR count). The van der Waals surface area contributed by atoms with Crippen molar-refractivity contribution in [3.05, 3.63) is 5.82 Å². The SMILES string of the molecule is Cc1nsc(NC2CN(C)CC2C)n1. The monoisotopic (exact) mass is 212 g/mol. The maximum absolute atomic E-state index is 4.31. The molecular formula is C9H16N4S. The Balaban J connectivity index is 1.98. The third-order valence-electron chi connectivity index (χ3n) is 2.63. The van der Waals surface area contributed by atoms with Gasteiger partial charge in [-0.15, -0.1) is 0 Å². The number of aryl methyl sites for hydroxylation is 1. The topological polar surface area (TPSA) is 41.1 Å². The molecule has 1 aliphatic heterocycles. The highest BCUT2D eigenvalue weighted by Gasteiger charge is 2.27. The standard InChI is InChI=1S/C9H16N4S/c1-6-4-13(3)5-8(6)11-9-10-7(2)12-14-9/h6,8H,4-5H2,1-3H3,(H,10,11,12). The zero-order chi connectivity index (χ0) is 10.1. The van der Waals surface area contributed by atoms with Crippen molar-refractivity contribution in [3.8, 4) is 0 Å². The summed E-state index contributed by atoms with van der Waals surface area (Å²) in [5.41, 5.74) is 0. The Kier molecular flexibility index (Phi) is 2.69. The van der Waals surface area contributed by atoms with Gasteiger partial charge in [0.25, 0.3) is 0 Å². The van der Waals surface area contributed by atoms with E-state index in [0.717, 1.165) is 24.0 Å². The van der Waals surface area contributed by atoms with E-state index in [1.54, 1.807) is 0 Å². The molecule has 0 radical (unpaired) electrons. The van der Waals surface area contributed by atoms with Crippen molar-refractivity contribution < 1.29 is 0 Å². The van der Waals surface area contributed by atoms with Crippen LogP contribution in [0.3, 0.4) is 0 Å². The van der Waals surface area contributed by atoms with Crippen LogP contribution >= 0.6 is 11.5 Å². The molecule has 1 aromatic heterocycles. The summed E-state index contributed by atoms with van der Waals surface area (Å²) in [4.78, 5) is 6.65. The van der Waals surface area contributed by atoms with Crippen molar-refractivity contribution >= 4 is 16.7 Å². The van der Waals surface area contributed by atoms with E-state index in [1.807, 2.05) is 6.92 Å². The van der Waals surface area contributed by atoms with E-state index in [4.69, 9.17) is 0 Å². The molecule has 0 amide bonds. The minimum absolute atomic E-state index is 0.521. The third kappa shape index (κ3) is 2.04. The van der Waals surface area contributed by atoms with Gasteiger partial charge >= 0.3 is 0 Å². The Labute approximate surface area is 88.5 Å². The fourth-order valence-electron chi connectivity index (χ4n) is 1.91. The van der Waals surface area contributed by atoms with Crippen molar-refractivity contribution in [3.63, 3.8) is 0 Å². The molecule has 1 saturated heterocycles. The lowest BCUT2D eigenvalue weighted by molar-refractivity contribution is 0.401. The first-order valence-electron chi connectivity index (χ1n) is 4.90. The number of nitrogens with one attached hydrogen (secondary N) is 1. The van der Waals surface area contributed by atoms with E-state index >= 15 is 0 Å². The van der Waals surface area contributed by atoms with Crippen molar-refractivity contribution in [1.82, 2.24) is 14.3 Å². The Hall–Kier alpha value is -0.680. The third-order valence-corrected chi connectivity index (χ3v) is 3.37. The second kappa shape index (κ2) is 3.82. The molecular weight excluding hydrogens is 196 g/mol. The van der Waals surface area contributed by atoms with Gasteiger partial charge in [-0.05, 0) is 19.9 Å². The van der Waals surface area contributed by atoms with Gasteiger partial charge in [-0.25, -0.2) is 4.98 Å². The summed E-state index contributed by atoms with van der Waals surface area (Å²) < 4.78 is 4.16. The van der Waals surface area contributed by atoms with Gasteiger partial charge < -0.3 is 10.2 Å². The van der Waals surface area contributed by atoms with Crippen molar-refractivity contribution in [2.45, 2.75) is 19.9 Å². The summed E-state index contributed by atoms with van der Waals surface area (Å²) in [5.74, 6) is 1.54. The van der Waals surface area contributed by atoms with Gasteiger partial charge in [0, 0.05) is 30.7 Å². The molecule has 4 nitrogen and oxygen atoms in total. The first kappa shape index (κ1) is 9.86. The number of hydrogen-bond donors (Lipinski definition) is 1. The number of likely N-dealkylation sites (tertiary alicyclic amines) is 1. The molecule has 1 fully saturated rings. The fraction of sp³-hybridized carbons (Fsp3) is 0.778. The molecule has 0 aliphatic carbocycles. The second-order valence-electron chi connectivity index (χ2n) is 4.10. The average Bonchev–Trinajstić information content (AvgIpc) is 2.61. The Morgan fingerprint density at radius 3 is 2.79 bits per heavy atom. The highest BCUT2D eigenvalue weighted by molar-refractivity contribution is 7.09.